The molecule has 10 heteroatoms. The lowest BCUT2D eigenvalue weighted by molar-refractivity contribution is -0.119. The smallest absolute Gasteiger partial charge is 0.274 e. The Kier molecular flexibility index (Phi) is 5.72. The topological polar surface area (TPSA) is 110 Å². The van der Waals surface area contributed by atoms with Crippen molar-refractivity contribution in [2.24, 2.45) is 0 Å². The molecule has 1 atom stereocenters. The number of aromatic nitrogens is 5. The van der Waals surface area contributed by atoms with Crippen molar-refractivity contribution in [2.75, 3.05) is 10.6 Å². The molecule has 4 rings (SSSR count). The van der Waals surface area contributed by atoms with Crippen LogP contribution in [-0.4, -0.2) is 36.1 Å². The van der Waals surface area contributed by atoms with Crippen LogP contribution >= 0.6 is 12.2 Å². The first-order chi connectivity index (χ1) is 15.0. The van der Waals surface area contributed by atoms with Crippen molar-refractivity contribution in [3.8, 4) is 5.69 Å². The van der Waals surface area contributed by atoms with Crippen LogP contribution in [0.4, 0.5) is 11.4 Å². The second kappa shape index (κ2) is 8.76. The first-order valence-corrected chi connectivity index (χ1v) is 9.86. The van der Waals surface area contributed by atoms with E-state index in [4.69, 9.17) is 12.2 Å². The third-order valence-corrected chi connectivity index (χ3v) is 4.95. The van der Waals surface area contributed by atoms with Crippen molar-refractivity contribution in [1.82, 2.24) is 24.3 Å². The van der Waals surface area contributed by atoms with E-state index >= 15 is 0 Å². The molecule has 0 aliphatic heterocycles. The third kappa shape index (κ3) is 4.43. The Balaban J connectivity index is 1.45. The number of anilines is 2. The maximum absolute atomic E-state index is 12.8. The van der Waals surface area contributed by atoms with Gasteiger partial charge >= 0.3 is 0 Å². The number of amides is 2. The van der Waals surface area contributed by atoms with Crippen molar-refractivity contribution >= 4 is 35.4 Å². The molecule has 2 heterocycles. The van der Waals surface area contributed by atoms with E-state index in [-0.39, 0.29) is 11.8 Å². The number of aromatic amines is 1. The Bertz CT molecular complexity index is 1250. The molecule has 2 amide bonds. The molecule has 0 spiro atoms. The highest BCUT2D eigenvalue weighted by molar-refractivity contribution is 7.71. The van der Waals surface area contributed by atoms with Gasteiger partial charge in [-0.25, -0.2) is 9.67 Å². The summed E-state index contributed by atoms with van der Waals surface area (Å²) in [5.74, 6) is -0.538. The highest BCUT2D eigenvalue weighted by atomic mass is 32.1. The molecule has 31 heavy (non-hydrogen) atoms. The van der Waals surface area contributed by atoms with E-state index in [0.717, 1.165) is 5.69 Å². The predicted molar refractivity (Wildman–Crippen MR) is 119 cm³/mol. The lowest BCUT2D eigenvalue weighted by Crippen LogP contribution is -2.24. The average molecular weight is 433 g/mol. The molecule has 0 bridgehead atoms. The van der Waals surface area contributed by atoms with Crippen LogP contribution in [0.1, 0.15) is 23.5 Å². The lowest BCUT2D eigenvalue weighted by atomic mass is 10.2. The fourth-order valence-electron chi connectivity index (χ4n) is 2.99. The van der Waals surface area contributed by atoms with Gasteiger partial charge in [0.15, 0.2) is 4.77 Å². The molecule has 2 aromatic heterocycles. The molecule has 4 aromatic rings. The Morgan fingerprint density at radius 3 is 2.35 bits per heavy atom. The number of imidazole rings is 1. The summed E-state index contributed by atoms with van der Waals surface area (Å²) in [4.78, 5) is 31.9. The highest BCUT2D eigenvalue weighted by Crippen LogP contribution is 2.18. The van der Waals surface area contributed by atoms with Crippen molar-refractivity contribution in [1.29, 1.82) is 0 Å². The van der Waals surface area contributed by atoms with Gasteiger partial charge in [-0.3, -0.25) is 14.2 Å². The number of carbonyl (C=O) groups excluding carboxylic acids is 2. The summed E-state index contributed by atoms with van der Waals surface area (Å²) < 4.78 is 3.57. The van der Waals surface area contributed by atoms with Gasteiger partial charge in [0.25, 0.3) is 5.91 Å². The van der Waals surface area contributed by atoms with Crippen LogP contribution in [0.25, 0.3) is 5.69 Å². The standard InChI is InChI=1S/C21H19N7O2S/c1-14(27-13-22-12-24-27)19(29)25-15-7-9-16(10-8-15)26-20(30)18-11-23-21(31)28(18)17-5-3-2-4-6-17/h2-14H,1H3,(H,23,31)(H,25,29)(H,26,30). The number of carbonyl (C=O) groups is 2. The zero-order valence-electron chi connectivity index (χ0n) is 16.5. The first-order valence-electron chi connectivity index (χ1n) is 9.45. The van der Waals surface area contributed by atoms with E-state index in [1.165, 1.54) is 17.3 Å². The summed E-state index contributed by atoms with van der Waals surface area (Å²) in [6.45, 7) is 1.73. The summed E-state index contributed by atoms with van der Waals surface area (Å²) in [5.41, 5.74) is 2.36. The molecular weight excluding hydrogens is 414 g/mol. The van der Waals surface area contributed by atoms with Gasteiger partial charge in [-0.05, 0) is 55.5 Å². The highest BCUT2D eigenvalue weighted by Gasteiger charge is 2.16. The quantitative estimate of drug-likeness (QED) is 0.403. The van der Waals surface area contributed by atoms with Gasteiger partial charge < -0.3 is 15.6 Å². The van der Waals surface area contributed by atoms with E-state index in [1.54, 1.807) is 42.0 Å². The minimum absolute atomic E-state index is 0.225. The largest absolute Gasteiger partial charge is 0.336 e. The summed E-state index contributed by atoms with van der Waals surface area (Å²) in [7, 11) is 0. The van der Waals surface area contributed by atoms with Gasteiger partial charge in [-0.15, -0.1) is 0 Å². The molecule has 9 nitrogen and oxygen atoms in total. The van der Waals surface area contributed by atoms with E-state index in [2.05, 4.69) is 25.7 Å². The SMILES string of the molecule is CC(C(=O)Nc1ccc(NC(=O)c2c[nH]c(=S)n2-c2ccccc2)cc1)n1cncn1. The van der Waals surface area contributed by atoms with E-state index in [1.807, 2.05) is 30.3 Å². The molecule has 0 aliphatic rings. The Morgan fingerprint density at radius 2 is 1.71 bits per heavy atom. The van der Waals surface area contributed by atoms with Gasteiger partial charge in [0, 0.05) is 23.3 Å². The number of rotatable bonds is 6. The molecule has 1 unspecified atom stereocenters. The van der Waals surface area contributed by atoms with Crippen LogP contribution < -0.4 is 10.6 Å². The number of hydrogen-bond donors (Lipinski definition) is 3. The van der Waals surface area contributed by atoms with E-state index in [9.17, 15) is 9.59 Å². The Morgan fingerprint density at radius 1 is 1.03 bits per heavy atom. The second-order valence-corrected chi connectivity index (χ2v) is 7.11. The number of para-hydroxylation sites is 1. The number of nitrogens with zero attached hydrogens (tertiary/aromatic N) is 4. The van der Waals surface area contributed by atoms with Crippen molar-refractivity contribution in [3.05, 3.63) is 83.9 Å². The van der Waals surface area contributed by atoms with Crippen molar-refractivity contribution in [2.45, 2.75) is 13.0 Å². The van der Waals surface area contributed by atoms with Gasteiger partial charge in [-0.1, -0.05) is 18.2 Å². The fraction of sp³-hybridized carbons (Fsp3) is 0.0952. The molecule has 156 valence electrons. The molecule has 0 saturated heterocycles. The number of H-pyrrole nitrogens is 1. The predicted octanol–water partition coefficient (Wildman–Crippen LogP) is 3.58. The van der Waals surface area contributed by atoms with E-state index in [0.29, 0.717) is 21.8 Å². The van der Waals surface area contributed by atoms with Crippen LogP contribution in [0.15, 0.2) is 73.4 Å². The molecular formula is C21H19N7O2S. The molecule has 0 fully saturated rings. The minimum atomic E-state index is -0.503. The summed E-state index contributed by atoms with van der Waals surface area (Å²) in [6.07, 6.45) is 4.44. The maximum atomic E-state index is 12.8. The van der Waals surface area contributed by atoms with Crippen LogP contribution in [0, 0.1) is 4.77 Å². The van der Waals surface area contributed by atoms with Gasteiger partial charge in [0.1, 0.15) is 24.4 Å². The van der Waals surface area contributed by atoms with Crippen LogP contribution in [0.3, 0.4) is 0 Å². The van der Waals surface area contributed by atoms with Crippen molar-refractivity contribution < 1.29 is 9.59 Å². The zero-order valence-corrected chi connectivity index (χ0v) is 17.3. The monoisotopic (exact) mass is 433 g/mol. The van der Waals surface area contributed by atoms with Crippen molar-refractivity contribution in [3.63, 3.8) is 0 Å². The number of nitrogens with one attached hydrogen (secondary N) is 3. The van der Waals surface area contributed by atoms with Gasteiger partial charge in [-0.2, -0.15) is 5.10 Å². The molecule has 2 aromatic carbocycles. The second-order valence-electron chi connectivity index (χ2n) is 6.72. The van der Waals surface area contributed by atoms with Gasteiger partial charge in [0.2, 0.25) is 5.91 Å². The molecule has 0 aliphatic carbocycles. The van der Waals surface area contributed by atoms with Gasteiger partial charge in [0.05, 0.1) is 0 Å². The lowest BCUT2D eigenvalue weighted by Gasteiger charge is -2.13. The summed E-state index contributed by atoms with van der Waals surface area (Å²) in [5, 5.41) is 9.63. The fourth-order valence-corrected chi connectivity index (χ4v) is 3.25. The van der Waals surface area contributed by atoms with Crippen LogP contribution in [-0.2, 0) is 4.79 Å². The van der Waals surface area contributed by atoms with E-state index < -0.39 is 6.04 Å². The Hall–Kier alpha value is -4.05. The number of benzene rings is 2. The minimum Gasteiger partial charge on any atom is -0.336 e. The molecule has 0 radical (unpaired) electrons. The first kappa shape index (κ1) is 20.2. The summed E-state index contributed by atoms with van der Waals surface area (Å²) >= 11 is 5.32. The number of hydrogen-bond acceptors (Lipinski definition) is 5. The third-order valence-electron chi connectivity index (χ3n) is 4.65. The molecule has 0 saturated carbocycles. The normalized spacial score (nSPS) is 11.6. The average Bonchev–Trinajstić information content (AvgIpc) is 3.45. The molecule has 3 N–H and O–H groups in total. The zero-order chi connectivity index (χ0) is 21.8. The van der Waals surface area contributed by atoms with Crippen LogP contribution in [0.2, 0.25) is 0 Å². The van der Waals surface area contributed by atoms with Crippen LogP contribution in [0.5, 0.6) is 0 Å². The Labute approximate surface area is 182 Å². The summed E-state index contributed by atoms with van der Waals surface area (Å²) in [6, 6.07) is 15.7. The maximum Gasteiger partial charge on any atom is 0.274 e.